The molecule has 1 heterocycles. The topological polar surface area (TPSA) is 101 Å². The summed E-state index contributed by atoms with van der Waals surface area (Å²) in [5.41, 5.74) is 7.00. The molecule has 0 unspecified atom stereocenters. The number of sulfonamides is 1. The fourth-order valence-corrected chi connectivity index (χ4v) is 2.70. The summed E-state index contributed by atoms with van der Waals surface area (Å²) < 4.78 is 30.9. The van der Waals surface area contributed by atoms with Gasteiger partial charge in [0, 0.05) is 37.1 Å². The average Bonchev–Trinajstić information content (AvgIpc) is 2.91. The SMILES string of the molecule is CN(Cc1cn[nH]c1)S(=O)(=O)CCOc1cccc(N)c1. The Morgan fingerprint density at radius 3 is 2.90 bits per heavy atom. The van der Waals surface area contributed by atoms with E-state index in [2.05, 4.69) is 10.2 Å². The van der Waals surface area contributed by atoms with Crippen LogP contribution in [0.5, 0.6) is 5.75 Å². The van der Waals surface area contributed by atoms with Crippen LogP contribution in [-0.4, -0.2) is 42.3 Å². The summed E-state index contributed by atoms with van der Waals surface area (Å²) in [6.45, 7) is 0.346. The predicted octanol–water partition coefficient (Wildman–Crippen LogP) is 0.832. The van der Waals surface area contributed by atoms with Gasteiger partial charge in [0.05, 0.1) is 11.9 Å². The van der Waals surface area contributed by atoms with Crippen LogP contribution in [-0.2, 0) is 16.6 Å². The standard InChI is InChI=1S/C13H18N4O3S/c1-17(10-11-8-15-16-9-11)21(18,19)6-5-20-13-4-2-3-12(14)7-13/h2-4,7-9H,5-6,10,14H2,1H3,(H,15,16). The third-order valence-electron chi connectivity index (χ3n) is 2.90. The van der Waals surface area contributed by atoms with Crippen LogP contribution in [0.2, 0.25) is 0 Å². The number of aromatic amines is 1. The van der Waals surface area contributed by atoms with Crippen molar-refractivity contribution in [3.8, 4) is 5.75 Å². The number of nitrogen functional groups attached to an aromatic ring is 1. The van der Waals surface area contributed by atoms with Gasteiger partial charge in [-0.25, -0.2) is 12.7 Å². The largest absolute Gasteiger partial charge is 0.492 e. The van der Waals surface area contributed by atoms with Crippen LogP contribution < -0.4 is 10.5 Å². The molecule has 0 fully saturated rings. The molecule has 0 aliphatic heterocycles. The van der Waals surface area contributed by atoms with E-state index in [1.165, 1.54) is 11.4 Å². The fraction of sp³-hybridized carbons (Fsp3) is 0.308. The van der Waals surface area contributed by atoms with Gasteiger partial charge in [-0.3, -0.25) is 5.10 Å². The maximum atomic E-state index is 12.1. The second kappa shape index (κ2) is 6.59. The second-order valence-electron chi connectivity index (χ2n) is 4.60. The van der Waals surface area contributed by atoms with Crippen LogP contribution in [0.1, 0.15) is 5.56 Å². The molecule has 0 spiro atoms. The van der Waals surface area contributed by atoms with E-state index in [1.807, 2.05) is 0 Å². The number of nitrogens with two attached hydrogens (primary N) is 1. The zero-order valence-corrected chi connectivity index (χ0v) is 12.5. The maximum Gasteiger partial charge on any atom is 0.217 e. The molecule has 0 aliphatic carbocycles. The van der Waals surface area contributed by atoms with E-state index in [-0.39, 0.29) is 18.9 Å². The molecule has 0 aliphatic rings. The summed E-state index contributed by atoms with van der Waals surface area (Å²) in [6, 6.07) is 6.88. The number of nitrogens with zero attached hydrogens (tertiary/aromatic N) is 2. The minimum absolute atomic E-state index is 0.0709. The molecule has 7 nitrogen and oxygen atoms in total. The molecule has 0 amide bonds. The summed E-state index contributed by atoms with van der Waals surface area (Å²) in [6.07, 6.45) is 3.25. The highest BCUT2D eigenvalue weighted by Gasteiger charge is 2.18. The number of hydrogen-bond acceptors (Lipinski definition) is 5. The van der Waals surface area contributed by atoms with Crippen molar-refractivity contribution in [3.63, 3.8) is 0 Å². The Hall–Kier alpha value is -2.06. The van der Waals surface area contributed by atoms with Gasteiger partial charge in [-0.1, -0.05) is 6.07 Å². The fourth-order valence-electron chi connectivity index (χ4n) is 1.74. The van der Waals surface area contributed by atoms with E-state index in [1.54, 1.807) is 36.7 Å². The van der Waals surface area contributed by atoms with Gasteiger partial charge in [0.25, 0.3) is 0 Å². The highest BCUT2D eigenvalue weighted by molar-refractivity contribution is 7.89. The first-order valence-corrected chi connectivity index (χ1v) is 7.98. The predicted molar refractivity (Wildman–Crippen MR) is 80.2 cm³/mol. The van der Waals surface area contributed by atoms with Crippen molar-refractivity contribution in [2.45, 2.75) is 6.54 Å². The first-order valence-electron chi connectivity index (χ1n) is 6.37. The van der Waals surface area contributed by atoms with Crippen molar-refractivity contribution in [1.82, 2.24) is 14.5 Å². The molecular formula is C13H18N4O3S. The number of rotatable bonds is 7. The Bertz CT molecular complexity index is 670. The van der Waals surface area contributed by atoms with Crippen molar-refractivity contribution >= 4 is 15.7 Å². The van der Waals surface area contributed by atoms with Crippen molar-refractivity contribution in [1.29, 1.82) is 0 Å². The number of hydrogen-bond donors (Lipinski definition) is 2. The summed E-state index contributed by atoms with van der Waals surface area (Å²) >= 11 is 0. The highest BCUT2D eigenvalue weighted by Crippen LogP contribution is 2.14. The third-order valence-corrected chi connectivity index (χ3v) is 4.66. The first-order chi connectivity index (χ1) is 9.97. The van der Waals surface area contributed by atoms with E-state index >= 15 is 0 Å². The number of ether oxygens (including phenoxy) is 1. The van der Waals surface area contributed by atoms with Gasteiger partial charge in [0.1, 0.15) is 12.4 Å². The molecule has 1 aromatic heterocycles. The van der Waals surface area contributed by atoms with E-state index in [0.29, 0.717) is 11.4 Å². The van der Waals surface area contributed by atoms with Gasteiger partial charge in [-0.05, 0) is 12.1 Å². The Balaban J connectivity index is 1.86. The summed E-state index contributed by atoms with van der Waals surface area (Å²) in [7, 11) is -1.85. The molecule has 21 heavy (non-hydrogen) atoms. The van der Waals surface area contributed by atoms with Crippen molar-refractivity contribution in [2.75, 3.05) is 25.1 Å². The molecule has 1 aromatic carbocycles. The smallest absolute Gasteiger partial charge is 0.217 e. The minimum Gasteiger partial charge on any atom is -0.492 e. The lowest BCUT2D eigenvalue weighted by atomic mass is 10.3. The van der Waals surface area contributed by atoms with Crippen molar-refractivity contribution in [3.05, 3.63) is 42.2 Å². The molecule has 3 N–H and O–H groups in total. The molecule has 0 atom stereocenters. The molecule has 2 rings (SSSR count). The number of benzene rings is 1. The van der Waals surface area contributed by atoms with Gasteiger partial charge in [0.15, 0.2) is 0 Å². The normalized spacial score (nSPS) is 11.7. The van der Waals surface area contributed by atoms with E-state index < -0.39 is 10.0 Å². The molecule has 2 aromatic rings. The third kappa shape index (κ3) is 4.47. The van der Waals surface area contributed by atoms with Crippen LogP contribution >= 0.6 is 0 Å². The van der Waals surface area contributed by atoms with Gasteiger partial charge in [-0.15, -0.1) is 0 Å². The lowest BCUT2D eigenvalue weighted by Crippen LogP contribution is -2.30. The van der Waals surface area contributed by atoms with Gasteiger partial charge in [-0.2, -0.15) is 5.10 Å². The quantitative estimate of drug-likeness (QED) is 0.738. The molecule has 0 bridgehead atoms. The average molecular weight is 310 g/mol. The number of anilines is 1. The zero-order valence-electron chi connectivity index (χ0n) is 11.7. The maximum absolute atomic E-state index is 12.1. The summed E-state index contributed by atoms with van der Waals surface area (Å²) in [5.74, 6) is 0.457. The van der Waals surface area contributed by atoms with Gasteiger partial charge in [0.2, 0.25) is 10.0 Å². The van der Waals surface area contributed by atoms with Crippen LogP contribution in [0.25, 0.3) is 0 Å². The van der Waals surface area contributed by atoms with Crippen molar-refractivity contribution in [2.24, 2.45) is 0 Å². The first kappa shape index (κ1) is 15.3. The number of H-pyrrole nitrogens is 1. The Kier molecular flexibility index (Phi) is 4.81. The molecule has 0 radical (unpaired) electrons. The van der Waals surface area contributed by atoms with Crippen LogP contribution in [0, 0.1) is 0 Å². The van der Waals surface area contributed by atoms with Crippen LogP contribution in [0.15, 0.2) is 36.7 Å². The van der Waals surface area contributed by atoms with Gasteiger partial charge < -0.3 is 10.5 Å². The Morgan fingerprint density at radius 1 is 1.43 bits per heavy atom. The molecule has 114 valence electrons. The van der Waals surface area contributed by atoms with E-state index in [9.17, 15) is 8.42 Å². The van der Waals surface area contributed by atoms with E-state index in [4.69, 9.17) is 10.5 Å². The summed E-state index contributed by atoms with van der Waals surface area (Å²) in [4.78, 5) is 0. The van der Waals surface area contributed by atoms with E-state index in [0.717, 1.165) is 5.56 Å². The molecule has 0 saturated heterocycles. The molecule has 8 heteroatoms. The highest BCUT2D eigenvalue weighted by atomic mass is 32.2. The molecule has 0 saturated carbocycles. The number of nitrogens with one attached hydrogen (secondary N) is 1. The van der Waals surface area contributed by atoms with Crippen LogP contribution in [0.4, 0.5) is 5.69 Å². The van der Waals surface area contributed by atoms with Crippen LogP contribution in [0.3, 0.4) is 0 Å². The Morgan fingerprint density at radius 2 is 2.24 bits per heavy atom. The lowest BCUT2D eigenvalue weighted by Gasteiger charge is -2.16. The zero-order chi connectivity index (χ0) is 15.3. The molecular weight excluding hydrogens is 292 g/mol. The second-order valence-corrected chi connectivity index (χ2v) is 6.79. The van der Waals surface area contributed by atoms with Crippen molar-refractivity contribution < 1.29 is 13.2 Å². The monoisotopic (exact) mass is 310 g/mol. The Labute approximate surface area is 123 Å². The number of aromatic nitrogens is 2. The minimum atomic E-state index is -3.38. The lowest BCUT2D eigenvalue weighted by molar-refractivity contribution is 0.336. The van der Waals surface area contributed by atoms with Gasteiger partial charge >= 0.3 is 0 Å². The summed E-state index contributed by atoms with van der Waals surface area (Å²) in [5, 5.41) is 6.43.